The van der Waals surface area contributed by atoms with Gasteiger partial charge in [-0.1, -0.05) is 63.5 Å². The topological polar surface area (TPSA) is 0 Å². The normalized spacial score (nSPS) is 48.2. The molecule has 0 radical (unpaired) electrons. The van der Waals surface area contributed by atoms with Gasteiger partial charge in [-0.2, -0.15) is 0 Å². The summed E-state index contributed by atoms with van der Waals surface area (Å²) < 4.78 is 0. The van der Waals surface area contributed by atoms with Crippen LogP contribution in [0.1, 0.15) is 93.4 Å². The molecule has 3 saturated carbocycles. The molecule has 4 aliphatic rings. The zero-order chi connectivity index (χ0) is 19.8. The Morgan fingerprint density at radius 1 is 1.00 bits per heavy atom. The van der Waals surface area contributed by atoms with Gasteiger partial charge in [-0.15, -0.1) is 6.58 Å². The van der Waals surface area contributed by atoms with E-state index in [9.17, 15) is 0 Å². The van der Waals surface area contributed by atoms with Crippen LogP contribution in [0.25, 0.3) is 0 Å². The van der Waals surface area contributed by atoms with E-state index in [0.717, 1.165) is 11.8 Å². The molecule has 6 atom stereocenters. The predicted octanol–water partition coefficient (Wildman–Crippen LogP) is 8.11. The number of hydrogen-bond acceptors (Lipinski definition) is 0. The Morgan fingerprint density at radius 3 is 2.33 bits per heavy atom. The molecular weight excluding hydrogens is 324 g/mol. The smallest absolute Gasteiger partial charge is 0.00200 e. The molecule has 0 spiro atoms. The highest BCUT2D eigenvalue weighted by Gasteiger charge is 2.66. The van der Waals surface area contributed by atoms with Crippen molar-refractivity contribution in [2.24, 2.45) is 39.4 Å². The molecule has 0 aromatic rings. The minimum atomic E-state index is 0.359. The van der Waals surface area contributed by atoms with Crippen molar-refractivity contribution in [3.8, 4) is 0 Å². The Hall–Kier alpha value is -0.780. The number of rotatable bonds is 1. The maximum absolute atomic E-state index is 4.17. The van der Waals surface area contributed by atoms with Crippen LogP contribution < -0.4 is 0 Å². The second kappa shape index (κ2) is 5.87. The summed E-state index contributed by atoms with van der Waals surface area (Å²) in [5.74, 6) is 2.30. The monoisotopic (exact) mass is 366 g/mol. The van der Waals surface area contributed by atoms with Gasteiger partial charge in [-0.3, -0.25) is 0 Å². The van der Waals surface area contributed by atoms with Crippen molar-refractivity contribution in [1.29, 1.82) is 0 Å². The molecule has 27 heavy (non-hydrogen) atoms. The minimum Gasteiger partial charge on any atom is -0.102 e. The summed E-state index contributed by atoms with van der Waals surface area (Å²) >= 11 is 0. The Balaban J connectivity index is 1.79. The first-order chi connectivity index (χ1) is 12.5. The van der Waals surface area contributed by atoms with E-state index in [4.69, 9.17) is 0 Å². The Bertz CT molecular complexity index is 714. The van der Waals surface area contributed by atoms with Crippen LogP contribution in [-0.4, -0.2) is 0 Å². The predicted molar refractivity (Wildman–Crippen MR) is 118 cm³/mol. The minimum absolute atomic E-state index is 0.359. The van der Waals surface area contributed by atoms with E-state index in [2.05, 4.69) is 67.2 Å². The average molecular weight is 367 g/mol. The molecule has 0 unspecified atom stereocenters. The van der Waals surface area contributed by atoms with Gasteiger partial charge < -0.3 is 0 Å². The van der Waals surface area contributed by atoms with Gasteiger partial charge in [0.25, 0.3) is 0 Å². The molecule has 0 heterocycles. The number of fused-ring (bicyclic) bond motifs is 5. The molecule has 0 saturated heterocycles. The van der Waals surface area contributed by atoms with E-state index in [1.165, 1.54) is 44.9 Å². The van der Waals surface area contributed by atoms with E-state index in [1.54, 1.807) is 16.7 Å². The summed E-state index contributed by atoms with van der Waals surface area (Å²) in [5.41, 5.74) is 6.78. The number of allylic oxidation sites excluding steroid dienone is 5. The first kappa shape index (κ1) is 19.5. The molecular formula is C27H42. The quantitative estimate of drug-likeness (QED) is 0.411. The van der Waals surface area contributed by atoms with Crippen molar-refractivity contribution in [3.63, 3.8) is 0 Å². The van der Waals surface area contributed by atoms with Crippen molar-refractivity contribution < 1.29 is 0 Å². The average Bonchev–Trinajstić information content (AvgIpc) is 2.91. The standard InChI is InChI=1S/C27H42/c1-9-19-12-16-26(7)21(19)10-11-23-25(6)15-13-20(18(2)3)24(4,5)22(25)14-17-27(23,26)8/h9-10,19,22-23H,1,11-17H2,2-8H3/t19-,22-,23+,25-,26+,27+/m0/s1. The zero-order valence-corrected chi connectivity index (χ0v) is 19.0. The van der Waals surface area contributed by atoms with E-state index >= 15 is 0 Å². The Labute approximate surface area is 168 Å². The van der Waals surface area contributed by atoms with Crippen molar-refractivity contribution >= 4 is 0 Å². The van der Waals surface area contributed by atoms with Crippen molar-refractivity contribution in [2.45, 2.75) is 93.4 Å². The molecule has 0 aromatic heterocycles. The van der Waals surface area contributed by atoms with Crippen molar-refractivity contribution in [3.05, 3.63) is 35.5 Å². The summed E-state index contributed by atoms with van der Waals surface area (Å²) in [7, 11) is 0. The number of hydrogen-bond donors (Lipinski definition) is 0. The maximum Gasteiger partial charge on any atom is -0.00200 e. The first-order valence-corrected chi connectivity index (χ1v) is 11.5. The molecule has 0 aromatic carbocycles. The van der Waals surface area contributed by atoms with Gasteiger partial charge in [-0.05, 0) is 98.2 Å². The summed E-state index contributed by atoms with van der Waals surface area (Å²) in [6, 6.07) is 0. The molecule has 4 aliphatic carbocycles. The van der Waals surface area contributed by atoms with Crippen molar-refractivity contribution in [1.82, 2.24) is 0 Å². The van der Waals surface area contributed by atoms with E-state index < -0.39 is 0 Å². The molecule has 4 rings (SSSR count). The lowest BCUT2D eigenvalue weighted by Gasteiger charge is -2.68. The van der Waals surface area contributed by atoms with Gasteiger partial charge in [0.1, 0.15) is 0 Å². The maximum atomic E-state index is 4.17. The van der Waals surface area contributed by atoms with Crippen LogP contribution in [0.3, 0.4) is 0 Å². The highest BCUT2D eigenvalue weighted by Crippen LogP contribution is 2.74. The third-order valence-electron chi connectivity index (χ3n) is 10.6. The summed E-state index contributed by atoms with van der Waals surface area (Å²) in [5, 5.41) is 0. The molecule has 0 nitrogen and oxygen atoms in total. The van der Waals surface area contributed by atoms with Crippen molar-refractivity contribution in [2.75, 3.05) is 0 Å². The molecule has 0 N–H and O–H groups in total. The van der Waals surface area contributed by atoms with Gasteiger partial charge in [0.15, 0.2) is 0 Å². The Kier molecular flexibility index (Phi) is 4.24. The lowest BCUT2D eigenvalue weighted by Crippen LogP contribution is -2.60. The van der Waals surface area contributed by atoms with Crippen LogP contribution in [0.15, 0.2) is 35.5 Å². The van der Waals surface area contributed by atoms with Crippen LogP contribution in [-0.2, 0) is 0 Å². The third-order valence-corrected chi connectivity index (χ3v) is 10.6. The lowest BCUT2D eigenvalue weighted by atomic mass is 9.36. The SMILES string of the molecule is C=C[C@H]1CC[C@]2(C)C1=CC[C@@H]1[C@@]3(C)CCC(=C(C)C)C(C)(C)[C@@H]3CC[C@]12C. The third kappa shape index (κ3) is 2.28. The molecule has 0 bridgehead atoms. The fourth-order valence-electron chi connectivity index (χ4n) is 9.10. The highest BCUT2D eigenvalue weighted by molar-refractivity contribution is 5.35. The zero-order valence-electron chi connectivity index (χ0n) is 19.0. The van der Waals surface area contributed by atoms with E-state index in [-0.39, 0.29) is 0 Å². The van der Waals surface area contributed by atoms with E-state index in [0.29, 0.717) is 27.6 Å². The van der Waals surface area contributed by atoms with Crippen LogP contribution in [0.2, 0.25) is 0 Å². The Morgan fingerprint density at radius 2 is 1.70 bits per heavy atom. The van der Waals surface area contributed by atoms with Crippen LogP contribution >= 0.6 is 0 Å². The van der Waals surface area contributed by atoms with Gasteiger partial charge in [0.2, 0.25) is 0 Å². The first-order valence-electron chi connectivity index (χ1n) is 11.5. The molecule has 0 amide bonds. The second-order valence-electron chi connectivity index (χ2n) is 11.9. The van der Waals surface area contributed by atoms with Gasteiger partial charge in [0, 0.05) is 0 Å². The van der Waals surface area contributed by atoms with Crippen LogP contribution in [0, 0.1) is 39.4 Å². The van der Waals surface area contributed by atoms with E-state index in [1.807, 2.05) is 0 Å². The molecule has 3 fully saturated rings. The molecule has 150 valence electrons. The fraction of sp³-hybridized carbons (Fsp3) is 0.778. The summed E-state index contributed by atoms with van der Waals surface area (Å²) in [6.07, 6.45) is 14.4. The van der Waals surface area contributed by atoms with Crippen LogP contribution in [0.5, 0.6) is 0 Å². The van der Waals surface area contributed by atoms with Gasteiger partial charge in [0.05, 0.1) is 0 Å². The summed E-state index contributed by atoms with van der Waals surface area (Å²) in [6.45, 7) is 22.0. The van der Waals surface area contributed by atoms with Gasteiger partial charge >= 0.3 is 0 Å². The van der Waals surface area contributed by atoms with Gasteiger partial charge in [-0.25, -0.2) is 0 Å². The van der Waals surface area contributed by atoms with Crippen LogP contribution in [0.4, 0.5) is 0 Å². The summed E-state index contributed by atoms with van der Waals surface area (Å²) in [4.78, 5) is 0. The lowest BCUT2D eigenvalue weighted by molar-refractivity contribution is -0.151. The molecule has 0 heteroatoms. The fourth-order valence-corrected chi connectivity index (χ4v) is 9.10. The molecule has 0 aliphatic heterocycles. The second-order valence-corrected chi connectivity index (χ2v) is 11.9. The largest absolute Gasteiger partial charge is 0.102 e. The highest BCUT2D eigenvalue weighted by atomic mass is 14.7.